The minimum Gasteiger partial charge on any atom is -0.462 e. The fourth-order valence-electron chi connectivity index (χ4n) is 3.90. The van der Waals surface area contributed by atoms with Crippen molar-refractivity contribution >= 4 is 64.0 Å². The number of fused-ring (bicyclic) bond motifs is 2. The molecule has 0 saturated carbocycles. The largest absolute Gasteiger partial charge is 0.462 e. The van der Waals surface area contributed by atoms with Gasteiger partial charge in [-0.1, -0.05) is 11.6 Å². The summed E-state index contributed by atoms with van der Waals surface area (Å²) in [6.07, 6.45) is 0.787. The lowest BCUT2D eigenvalue weighted by Crippen LogP contribution is -2.52. The molecule has 1 saturated heterocycles. The number of thiazole rings is 1. The number of rotatable bonds is 4. The number of cyclic esters (lactones) is 1. The molecule has 33 heavy (non-hydrogen) atoms. The Morgan fingerprint density at radius 3 is 2.91 bits per heavy atom. The van der Waals surface area contributed by atoms with Gasteiger partial charge in [-0.15, -0.1) is 23.7 Å². The first-order valence-electron chi connectivity index (χ1n) is 10.1. The highest BCUT2D eigenvalue weighted by molar-refractivity contribution is 7.13. The monoisotopic (exact) mass is 509 g/mol. The van der Waals surface area contributed by atoms with E-state index in [-0.39, 0.29) is 19.0 Å². The van der Waals surface area contributed by atoms with Crippen LogP contribution in [0.5, 0.6) is 0 Å². The molecule has 0 spiro atoms. The summed E-state index contributed by atoms with van der Waals surface area (Å²) in [5.74, 6) is -1.45. The van der Waals surface area contributed by atoms with Gasteiger partial charge < -0.3 is 25.3 Å². The molecule has 174 valence electrons. The van der Waals surface area contributed by atoms with Gasteiger partial charge in [-0.3, -0.25) is 9.59 Å². The van der Waals surface area contributed by atoms with Gasteiger partial charge in [0, 0.05) is 40.3 Å². The van der Waals surface area contributed by atoms with E-state index in [0.29, 0.717) is 15.7 Å². The lowest BCUT2D eigenvalue weighted by atomic mass is 10.1. The molecule has 4 heterocycles. The highest BCUT2D eigenvalue weighted by atomic mass is 35.5. The molecule has 1 fully saturated rings. The van der Waals surface area contributed by atoms with Crippen molar-refractivity contribution in [2.45, 2.75) is 25.0 Å². The second-order valence-corrected chi connectivity index (χ2v) is 9.47. The molecule has 0 aliphatic carbocycles. The molecular weight excluding hydrogens is 489 g/mol. The van der Waals surface area contributed by atoms with Crippen molar-refractivity contribution < 1.29 is 19.1 Å². The quantitative estimate of drug-likeness (QED) is 0.464. The average Bonchev–Trinajstić information content (AvgIpc) is 3.45. The standard InChI is InChI=1S/C21H20ClN5O4S.ClH/c1-27-5-4-13-16(8-27)32-20(25-13)19(29)26-17-15(9-31-21(17)30)24-18(28)14-7-10-6-11(22)2-3-12(10)23-14;/h2-3,6-7,15,17,23H,4-5,8-9H2,1H3,(H,24,28)(H,26,29);1H/t15-,17+;/m1./s1. The van der Waals surface area contributed by atoms with E-state index < -0.39 is 29.9 Å². The van der Waals surface area contributed by atoms with Crippen LogP contribution in [0.25, 0.3) is 10.9 Å². The van der Waals surface area contributed by atoms with Crippen molar-refractivity contribution in [3.63, 3.8) is 0 Å². The van der Waals surface area contributed by atoms with Crippen molar-refractivity contribution in [1.29, 1.82) is 0 Å². The molecule has 3 aromatic rings. The van der Waals surface area contributed by atoms with Crippen LogP contribution in [0.4, 0.5) is 0 Å². The Morgan fingerprint density at radius 2 is 2.09 bits per heavy atom. The number of nitrogens with zero attached hydrogens (tertiary/aromatic N) is 2. The fraction of sp³-hybridized carbons (Fsp3) is 0.333. The zero-order valence-corrected chi connectivity index (χ0v) is 19.9. The number of halogens is 2. The molecule has 3 N–H and O–H groups in total. The molecule has 9 nitrogen and oxygen atoms in total. The summed E-state index contributed by atoms with van der Waals surface area (Å²) in [6, 6.07) is 5.25. The van der Waals surface area contributed by atoms with Crippen LogP contribution in [0, 0.1) is 0 Å². The van der Waals surface area contributed by atoms with Crippen LogP contribution in [0.2, 0.25) is 5.02 Å². The number of nitrogens with one attached hydrogen (secondary N) is 3. The zero-order valence-electron chi connectivity index (χ0n) is 17.5. The molecule has 2 amide bonds. The maximum atomic E-state index is 12.8. The number of hydrogen-bond donors (Lipinski definition) is 3. The van der Waals surface area contributed by atoms with Crippen molar-refractivity contribution in [3.8, 4) is 0 Å². The second-order valence-electron chi connectivity index (χ2n) is 7.95. The van der Waals surface area contributed by atoms with E-state index in [4.69, 9.17) is 16.3 Å². The predicted molar refractivity (Wildman–Crippen MR) is 126 cm³/mol. The third-order valence-corrected chi connectivity index (χ3v) is 6.92. The maximum Gasteiger partial charge on any atom is 0.331 e. The number of carbonyl (C=O) groups excluding carboxylic acids is 3. The Bertz CT molecular complexity index is 1240. The van der Waals surface area contributed by atoms with E-state index in [9.17, 15) is 14.4 Å². The molecule has 0 bridgehead atoms. The van der Waals surface area contributed by atoms with Crippen LogP contribution in [0.1, 0.15) is 30.9 Å². The average molecular weight is 510 g/mol. The van der Waals surface area contributed by atoms with Gasteiger partial charge in [0.25, 0.3) is 11.8 Å². The van der Waals surface area contributed by atoms with Crippen molar-refractivity contribution in [2.75, 3.05) is 20.2 Å². The third-order valence-electron chi connectivity index (χ3n) is 5.61. The summed E-state index contributed by atoms with van der Waals surface area (Å²) >= 11 is 7.33. The molecule has 0 unspecified atom stereocenters. The normalized spacial score (nSPS) is 20.1. The first-order valence-corrected chi connectivity index (χ1v) is 11.3. The number of aromatic nitrogens is 2. The number of benzene rings is 1. The van der Waals surface area contributed by atoms with Crippen LogP contribution in [-0.4, -0.2) is 64.9 Å². The van der Waals surface area contributed by atoms with Gasteiger partial charge in [-0.05, 0) is 31.3 Å². The SMILES string of the molecule is CN1CCc2nc(C(=O)N[C@@H]3C(=O)OC[C@H]3NC(=O)c3cc4cc(Cl)ccc4[nH]3)sc2C1.Cl. The molecule has 2 aliphatic rings. The molecule has 1 aromatic carbocycles. The van der Waals surface area contributed by atoms with Gasteiger partial charge in [-0.25, -0.2) is 9.78 Å². The maximum absolute atomic E-state index is 12.8. The van der Waals surface area contributed by atoms with E-state index in [2.05, 4.69) is 25.5 Å². The molecule has 12 heteroatoms. The zero-order chi connectivity index (χ0) is 22.4. The third kappa shape index (κ3) is 4.70. The summed E-state index contributed by atoms with van der Waals surface area (Å²) in [6.45, 7) is 1.61. The number of esters is 1. The van der Waals surface area contributed by atoms with Gasteiger partial charge in [0.1, 0.15) is 12.3 Å². The molecule has 2 atom stereocenters. The summed E-state index contributed by atoms with van der Waals surface area (Å²) < 4.78 is 5.10. The van der Waals surface area contributed by atoms with Crippen LogP contribution in [-0.2, 0) is 22.5 Å². The van der Waals surface area contributed by atoms with Crippen LogP contribution < -0.4 is 10.6 Å². The minimum absolute atomic E-state index is 0. The Morgan fingerprint density at radius 1 is 1.27 bits per heavy atom. The molecule has 0 radical (unpaired) electrons. The second kappa shape index (κ2) is 9.30. The van der Waals surface area contributed by atoms with E-state index in [1.807, 2.05) is 7.05 Å². The molecule has 2 aromatic heterocycles. The first-order chi connectivity index (χ1) is 15.4. The van der Waals surface area contributed by atoms with Gasteiger partial charge in [0.05, 0.1) is 11.7 Å². The fourth-order valence-corrected chi connectivity index (χ4v) is 5.17. The van der Waals surface area contributed by atoms with E-state index >= 15 is 0 Å². The number of aromatic amines is 1. The van der Waals surface area contributed by atoms with Crippen molar-refractivity contribution in [1.82, 2.24) is 25.5 Å². The lowest BCUT2D eigenvalue weighted by molar-refractivity contribution is -0.139. The summed E-state index contributed by atoms with van der Waals surface area (Å²) in [5, 5.41) is 7.13. The minimum atomic E-state index is -0.992. The summed E-state index contributed by atoms with van der Waals surface area (Å²) in [7, 11) is 2.02. The number of H-pyrrole nitrogens is 1. The number of hydrogen-bond acceptors (Lipinski definition) is 7. The summed E-state index contributed by atoms with van der Waals surface area (Å²) in [4.78, 5) is 48.5. The lowest BCUT2D eigenvalue weighted by Gasteiger charge is -2.20. The number of amides is 2. The highest BCUT2D eigenvalue weighted by Crippen LogP contribution is 2.25. The number of carbonyl (C=O) groups is 3. The van der Waals surface area contributed by atoms with E-state index in [0.717, 1.165) is 41.0 Å². The molecular formula is C21H21Cl2N5O4S. The van der Waals surface area contributed by atoms with E-state index in [1.165, 1.54) is 11.3 Å². The van der Waals surface area contributed by atoms with Crippen molar-refractivity contribution in [2.24, 2.45) is 0 Å². The van der Waals surface area contributed by atoms with Crippen LogP contribution in [0.15, 0.2) is 24.3 Å². The Hall–Kier alpha value is -2.66. The highest BCUT2D eigenvalue weighted by Gasteiger charge is 2.40. The first kappa shape index (κ1) is 23.5. The smallest absolute Gasteiger partial charge is 0.331 e. The van der Waals surface area contributed by atoms with Gasteiger partial charge in [0.2, 0.25) is 0 Å². The van der Waals surface area contributed by atoms with Gasteiger partial charge in [0.15, 0.2) is 11.0 Å². The molecule has 5 rings (SSSR count). The topological polar surface area (TPSA) is 116 Å². The van der Waals surface area contributed by atoms with Gasteiger partial charge >= 0.3 is 5.97 Å². The number of likely N-dealkylation sites (N-methyl/N-ethyl adjacent to an activating group) is 1. The van der Waals surface area contributed by atoms with E-state index in [1.54, 1.807) is 24.3 Å². The molecule has 2 aliphatic heterocycles. The van der Waals surface area contributed by atoms with Gasteiger partial charge in [-0.2, -0.15) is 0 Å². The van der Waals surface area contributed by atoms with Crippen LogP contribution >= 0.6 is 35.3 Å². The Balaban J connectivity index is 0.00000259. The summed E-state index contributed by atoms with van der Waals surface area (Å²) in [5.41, 5.74) is 2.01. The number of ether oxygens (including phenoxy) is 1. The van der Waals surface area contributed by atoms with Crippen molar-refractivity contribution in [3.05, 3.63) is 50.6 Å². The Labute approximate surface area is 204 Å². The predicted octanol–water partition coefficient (Wildman–Crippen LogP) is 2.14. The Kier molecular flexibility index (Phi) is 6.62. The van der Waals surface area contributed by atoms with Crippen LogP contribution in [0.3, 0.4) is 0 Å².